The Kier molecular flexibility index (Phi) is 14.8. The van der Waals surface area contributed by atoms with E-state index in [2.05, 4.69) is 0 Å². The molecule has 0 saturated carbocycles. The molecule has 0 bridgehead atoms. The van der Waals surface area contributed by atoms with Gasteiger partial charge in [-0.25, -0.2) is 30.0 Å². The Morgan fingerprint density at radius 3 is 1.43 bits per heavy atom. The van der Waals surface area contributed by atoms with E-state index in [0.717, 1.165) is 57.6 Å². The summed E-state index contributed by atoms with van der Waals surface area (Å²) in [6, 6.07) is 39.8. The van der Waals surface area contributed by atoms with Crippen LogP contribution in [0.5, 0.6) is 0 Å². The van der Waals surface area contributed by atoms with Crippen molar-refractivity contribution in [3.8, 4) is 0 Å². The molecule has 15 heteroatoms. The lowest BCUT2D eigenvalue weighted by atomic mass is 10.0. The van der Waals surface area contributed by atoms with Crippen LogP contribution in [0, 0.1) is 17.5 Å². The van der Waals surface area contributed by atoms with Gasteiger partial charge in [-0.2, -0.15) is 8.61 Å². The molecule has 0 radical (unpaired) electrons. The number of hydrogen-bond acceptors (Lipinski definition) is 8. The monoisotopic (exact) mass is 925 g/mol. The van der Waals surface area contributed by atoms with Gasteiger partial charge in [0.1, 0.15) is 27.2 Å². The van der Waals surface area contributed by atoms with Crippen molar-refractivity contribution < 1.29 is 44.2 Å². The summed E-state index contributed by atoms with van der Waals surface area (Å²) in [4.78, 5) is 1.27. The molecule has 10 nitrogen and oxygen atoms in total. The molecule has 6 aromatic carbocycles. The fourth-order valence-electron chi connectivity index (χ4n) is 8.42. The molecule has 9 rings (SSSR count). The summed E-state index contributed by atoms with van der Waals surface area (Å²) in [6.07, 6.45) is 0.879. The van der Waals surface area contributed by atoms with Gasteiger partial charge in [-0.3, -0.25) is 0 Å². The average Bonchev–Trinajstić information content (AvgIpc) is 3.30. The molecule has 2 unspecified atom stereocenters. The quantitative estimate of drug-likeness (QED) is 0.143. The molecule has 3 aliphatic rings. The van der Waals surface area contributed by atoms with Crippen molar-refractivity contribution in [3.63, 3.8) is 0 Å². The maximum Gasteiger partial charge on any atom is 0.246 e. The van der Waals surface area contributed by atoms with Gasteiger partial charge in [-0.05, 0) is 82.6 Å². The molecule has 0 spiro atoms. The third kappa shape index (κ3) is 11.0. The second kappa shape index (κ2) is 20.8. The fourth-order valence-corrected chi connectivity index (χ4v) is 11.9. The smallest absolute Gasteiger partial charge is 0.246 e. The van der Waals surface area contributed by atoms with Crippen LogP contribution in [0.4, 0.5) is 18.9 Å². The van der Waals surface area contributed by atoms with E-state index in [1.165, 1.54) is 14.7 Å². The zero-order chi connectivity index (χ0) is 45.4. The average molecular weight is 926 g/mol. The van der Waals surface area contributed by atoms with Crippen LogP contribution >= 0.6 is 0 Å². The number of hydrogen-bond donors (Lipinski definition) is 0. The number of sulfonamides is 2. The second-order valence-electron chi connectivity index (χ2n) is 16.1. The number of anilines is 1. The summed E-state index contributed by atoms with van der Waals surface area (Å²) in [6.45, 7) is 3.51. The van der Waals surface area contributed by atoms with E-state index in [-0.39, 0.29) is 31.2 Å². The van der Waals surface area contributed by atoms with Gasteiger partial charge < -0.3 is 19.1 Å². The highest BCUT2D eigenvalue weighted by Gasteiger charge is 2.38. The predicted molar refractivity (Wildman–Crippen MR) is 241 cm³/mol. The van der Waals surface area contributed by atoms with E-state index < -0.39 is 54.5 Å². The van der Waals surface area contributed by atoms with Gasteiger partial charge >= 0.3 is 0 Å². The van der Waals surface area contributed by atoms with E-state index >= 15 is 0 Å². The van der Waals surface area contributed by atoms with E-state index in [1.54, 1.807) is 6.07 Å². The van der Waals surface area contributed by atoms with Crippen molar-refractivity contribution in [3.05, 3.63) is 196 Å². The van der Waals surface area contributed by atoms with Crippen LogP contribution in [0.3, 0.4) is 0 Å². The van der Waals surface area contributed by atoms with Crippen molar-refractivity contribution in [1.29, 1.82) is 0 Å². The summed E-state index contributed by atoms with van der Waals surface area (Å²) in [5.41, 5.74) is 5.94. The van der Waals surface area contributed by atoms with E-state index in [4.69, 9.17) is 14.2 Å². The highest BCUT2D eigenvalue weighted by atomic mass is 32.2. The number of benzene rings is 6. The zero-order valence-electron chi connectivity index (χ0n) is 35.6. The van der Waals surface area contributed by atoms with Crippen LogP contribution in [0.1, 0.15) is 33.4 Å². The number of ether oxygens (including phenoxy) is 3. The molecule has 0 aromatic heterocycles. The first-order chi connectivity index (χ1) is 31.5. The highest BCUT2D eigenvalue weighted by Crippen LogP contribution is 2.34. The van der Waals surface area contributed by atoms with Crippen LogP contribution < -0.4 is 4.90 Å². The Morgan fingerprint density at radius 2 is 0.923 bits per heavy atom. The minimum atomic E-state index is -4.33. The number of morpholine rings is 1. The molecule has 340 valence electrons. The molecule has 3 heterocycles. The Bertz CT molecular complexity index is 2780. The molecular weight excluding hydrogens is 876 g/mol. The predicted octanol–water partition coefficient (Wildman–Crippen LogP) is 8.29. The van der Waals surface area contributed by atoms with Gasteiger partial charge in [0.25, 0.3) is 0 Å². The van der Waals surface area contributed by atoms with Gasteiger partial charge in [-0.1, -0.05) is 109 Å². The lowest BCUT2D eigenvalue weighted by Crippen LogP contribution is -2.45. The lowest BCUT2D eigenvalue weighted by molar-refractivity contribution is 0.0673. The summed E-state index contributed by atoms with van der Waals surface area (Å²) >= 11 is 0. The second-order valence-corrected chi connectivity index (χ2v) is 19.9. The van der Waals surface area contributed by atoms with Gasteiger partial charge in [0.15, 0.2) is 0 Å². The van der Waals surface area contributed by atoms with Crippen LogP contribution in [-0.2, 0) is 73.4 Å². The minimum Gasteiger partial charge on any atom is -0.378 e. The molecule has 3 aliphatic heterocycles. The number of fused-ring (bicyclic) bond motifs is 2. The van der Waals surface area contributed by atoms with E-state index in [9.17, 15) is 30.0 Å². The normalized spacial score (nSPS) is 18.7. The number of halogens is 3. The summed E-state index contributed by atoms with van der Waals surface area (Å²) in [5.74, 6) is -2.37. The van der Waals surface area contributed by atoms with E-state index in [0.29, 0.717) is 58.0 Å². The topological polar surface area (TPSA) is 106 Å². The Balaban J connectivity index is 0.000000179. The Labute approximate surface area is 378 Å². The summed E-state index contributed by atoms with van der Waals surface area (Å²) in [7, 11) is -8.41. The van der Waals surface area contributed by atoms with Crippen LogP contribution in [0.25, 0.3) is 0 Å². The lowest BCUT2D eigenvalue weighted by Gasteiger charge is -2.36. The van der Waals surface area contributed by atoms with Crippen molar-refractivity contribution in [2.45, 2.75) is 61.0 Å². The first-order valence-corrected chi connectivity index (χ1v) is 24.3. The Hall–Kier alpha value is -5.39. The van der Waals surface area contributed by atoms with Gasteiger partial charge in [0.05, 0.1) is 57.4 Å². The molecule has 2 atom stereocenters. The third-order valence-electron chi connectivity index (χ3n) is 11.8. The molecule has 0 amide bonds. The fraction of sp³-hybridized carbons (Fsp3) is 0.280. The molecule has 65 heavy (non-hydrogen) atoms. The highest BCUT2D eigenvalue weighted by molar-refractivity contribution is 7.89. The molecular formula is C50H50F3N3O7S2. The van der Waals surface area contributed by atoms with Crippen molar-refractivity contribution in [2.75, 3.05) is 44.4 Å². The Morgan fingerprint density at radius 1 is 0.492 bits per heavy atom. The largest absolute Gasteiger partial charge is 0.378 e. The van der Waals surface area contributed by atoms with Gasteiger partial charge in [-0.15, -0.1) is 0 Å². The first-order valence-electron chi connectivity index (χ1n) is 21.5. The summed E-state index contributed by atoms with van der Waals surface area (Å²) in [5, 5.41) is 0. The van der Waals surface area contributed by atoms with E-state index in [1.807, 2.05) is 114 Å². The standard InChI is InChI=1S/C27H29FN2O4S.C23H21F2NO3S/c28-24-10-11-26(29-12-14-33-15-13-29)27(17-24)35(31,32)30-18-22-8-4-5-9-23(22)19-34-20-25(30)16-21-6-2-1-3-7-21;24-20-10-11-22(25)23(13-20)30(27,28)26-14-18-8-4-5-9-19(18)15-29-16-21(26)12-17-6-2-1-3-7-17/h1-11,17,25H,12-16,18-20H2;1-11,13,21H,12,14-16H2. The third-order valence-corrected chi connectivity index (χ3v) is 15.6. The van der Waals surface area contributed by atoms with Crippen molar-refractivity contribution in [1.82, 2.24) is 8.61 Å². The van der Waals surface area contributed by atoms with Crippen LogP contribution in [-0.4, -0.2) is 77.0 Å². The van der Waals surface area contributed by atoms with Crippen LogP contribution in [0.15, 0.2) is 155 Å². The zero-order valence-corrected chi connectivity index (χ0v) is 37.3. The molecule has 0 aliphatic carbocycles. The van der Waals surface area contributed by atoms with Crippen molar-refractivity contribution in [2.24, 2.45) is 0 Å². The van der Waals surface area contributed by atoms with Crippen LogP contribution in [0.2, 0.25) is 0 Å². The van der Waals surface area contributed by atoms with Gasteiger partial charge in [0.2, 0.25) is 20.0 Å². The first kappa shape index (κ1) is 46.2. The minimum absolute atomic E-state index is 0.0180. The molecule has 1 saturated heterocycles. The summed E-state index contributed by atoms with van der Waals surface area (Å²) < 4.78 is 118. The number of nitrogens with zero attached hydrogens (tertiary/aromatic N) is 3. The molecule has 0 N–H and O–H groups in total. The maximum atomic E-state index is 14.5. The number of rotatable bonds is 9. The maximum absolute atomic E-state index is 14.5. The molecule has 6 aromatic rings. The van der Waals surface area contributed by atoms with Crippen molar-refractivity contribution >= 4 is 25.7 Å². The van der Waals surface area contributed by atoms with Gasteiger partial charge in [0, 0.05) is 26.2 Å². The SMILES string of the molecule is O=S(=O)(c1cc(F)ccc1F)N1Cc2ccccc2COCC1Cc1ccccc1.O=S(=O)(c1cc(F)ccc1N1CCOCC1)N1Cc2ccccc2COCC1Cc1ccccc1. The molecule has 1 fully saturated rings.